The molecule has 39 heavy (non-hydrogen) atoms. The Bertz CT molecular complexity index is 2130. The van der Waals surface area contributed by atoms with Gasteiger partial charge in [-0.15, -0.1) is 0 Å². The van der Waals surface area contributed by atoms with Crippen molar-refractivity contribution in [1.29, 1.82) is 0 Å². The molecule has 0 fully saturated rings. The van der Waals surface area contributed by atoms with Crippen molar-refractivity contribution >= 4 is 55.1 Å². The van der Waals surface area contributed by atoms with Crippen LogP contribution in [0.5, 0.6) is 0 Å². The van der Waals surface area contributed by atoms with Crippen LogP contribution in [0.3, 0.4) is 0 Å². The second-order valence-corrected chi connectivity index (χ2v) is 9.90. The predicted octanol–water partition coefficient (Wildman–Crippen LogP) is 10.1. The number of nitrogens with zero attached hydrogens (tertiary/aromatic N) is 1. The highest BCUT2D eigenvalue weighted by Crippen LogP contribution is 2.37. The first-order chi connectivity index (χ1) is 19.3. The summed E-state index contributed by atoms with van der Waals surface area (Å²) in [4.78, 5) is 0. The summed E-state index contributed by atoms with van der Waals surface area (Å²) < 4.78 is 8.65. The van der Waals surface area contributed by atoms with Gasteiger partial charge >= 0.3 is 0 Å². The van der Waals surface area contributed by atoms with E-state index in [1.807, 2.05) is 30.3 Å². The smallest absolute Gasteiger partial charge is 0.143 e. The molecule has 0 spiro atoms. The summed E-state index contributed by atoms with van der Waals surface area (Å²) in [7, 11) is 0. The molecule has 0 aliphatic heterocycles. The number of hydrogen-bond donors (Lipinski definition) is 1. The minimum atomic E-state index is 0.919. The molecular formula is C36H24N2O. The van der Waals surface area contributed by atoms with Gasteiger partial charge in [-0.25, -0.2) is 0 Å². The standard InChI is InChI=1S/C36H24N2O/c1-2-9-25(10-3-1)37-26-19-22-34-32(23-26)29-11-4-6-15-33(29)38(34)27-20-17-24(18-21-27)28-13-8-14-31-30-12-5-7-16-35(30)39-36(28)31/h1-23,37H. The summed E-state index contributed by atoms with van der Waals surface area (Å²) in [5.41, 5.74) is 9.75. The Kier molecular flexibility index (Phi) is 4.82. The number of anilines is 2. The Morgan fingerprint density at radius 2 is 1.21 bits per heavy atom. The third kappa shape index (κ3) is 3.52. The van der Waals surface area contributed by atoms with Crippen LogP contribution in [0.1, 0.15) is 0 Å². The van der Waals surface area contributed by atoms with E-state index in [9.17, 15) is 0 Å². The van der Waals surface area contributed by atoms with E-state index in [1.165, 1.54) is 21.8 Å². The average Bonchev–Trinajstić information content (AvgIpc) is 3.54. The minimum absolute atomic E-state index is 0.919. The summed E-state index contributed by atoms with van der Waals surface area (Å²) in [6.45, 7) is 0. The Hall–Kier alpha value is -5.28. The molecule has 0 bridgehead atoms. The monoisotopic (exact) mass is 500 g/mol. The van der Waals surface area contributed by atoms with Gasteiger partial charge in [-0.1, -0.05) is 84.9 Å². The van der Waals surface area contributed by atoms with Crippen LogP contribution in [0, 0.1) is 0 Å². The number of rotatable bonds is 4. The van der Waals surface area contributed by atoms with E-state index in [0.29, 0.717) is 0 Å². The molecule has 0 saturated heterocycles. The van der Waals surface area contributed by atoms with Gasteiger partial charge in [0.15, 0.2) is 0 Å². The second-order valence-electron chi connectivity index (χ2n) is 9.90. The summed E-state index contributed by atoms with van der Waals surface area (Å²) in [6, 6.07) is 49.0. The van der Waals surface area contributed by atoms with E-state index in [-0.39, 0.29) is 0 Å². The van der Waals surface area contributed by atoms with Gasteiger partial charge < -0.3 is 14.3 Å². The molecular weight excluding hydrogens is 476 g/mol. The Morgan fingerprint density at radius 1 is 0.487 bits per heavy atom. The van der Waals surface area contributed by atoms with E-state index < -0.39 is 0 Å². The predicted molar refractivity (Wildman–Crippen MR) is 163 cm³/mol. The zero-order valence-electron chi connectivity index (χ0n) is 21.1. The third-order valence-electron chi connectivity index (χ3n) is 7.58. The van der Waals surface area contributed by atoms with Crippen LogP contribution < -0.4 is 5.32 Å². The first-order valence-corrected chi connectivity index (χ1v) is 13.2. The van der Waals surface area contributed by atoms with Crippen LogP contribution in [0.2, 0.25) is 0 Å². The molecule has 184 valence electrons. The highest BCUT2D eigenvalue weighted by Gasteiger charge is 2.15. The number of nitrogens with one attached hydrogen (secondary N) is 1. The molecule has 2 aromatic heterocycles. The summed E-state index contributed by atoms with van der Waals surface area (Å²) in [5.74, 6) is 0. The zero-order chi connectivity index (χ0) is 25.8. The van der Waals surface area contributed by atoms with Crippen molar-refractivity contribution in [2.24, 2.45) is 0 Å². The molecule has 3 nitrogen and oxygen atoms in total. The molecule has 0 aliphatic rings. The summed E-state index contributed by atoms with van der Waals surface area (Å²) >= 11 is 0. The lowest BCUT2D eigenvalue weighted by Crippen LogP contribution is -1.94. The number of furan rings is 1. The first-order valence-electron chi connectivity index (χ1n) is 13.2. The molecule has 0 atom stereocenters. The highest BCUT2D eigenvalue weighted by atomic mass is 16.3. The van der Waals surface area contributed by atoms with E-state index in [4.69, 9.17) is 4.42 Å². The molecule has 2 heterocycles. The normalized spacial score (nSPS) is 11.6. The van der Waals surface area contributed by atoms with E-state index >= 15 is 0 Å². The van der Waals surface area contributed by atoms with Crippen molar-refractivity contribution in [3.8, 4) is 16.8 Å². The molecule has 0 radical (unpaired) electrons. The average molecular weight is 501 g/mol. The van der Waals surface area contributed by atoms with Crippen molar-refractivity contribution < 1.29 is 4.42 Å². The van der Waals surface area contributed by atoms with Gasteiger partial charge in [0, 0.05) is 44.2 Å². The third-order valence-corrected chi connectivity index (χ3v) is 7.58. The molecule has 0 aliphatic carbocycles. The Balaban J connectivity index is 1.24. The topological polar surface area (TPSA) is 30.1 Å². The van der Waals surface area contributed by atoms with E-state index in [0.717, 1.165) is 50.1 Å². The van der Waals surface area contributed by atoms with Gasteiger partial charge in [0.2, 0.25) is 0 Å². The maximum Gasteiger partial charge on any atom is 0.143 e. The zero-order valence-corrected chi connectivity index (χ0v) is 21.1. The second kappa shape index (κ2) is 8.64. The molecule has 8 rings (SSSR count). The number of para-hydroxylation sites is 4. The van der Waals surface area contributed by atoms with Crippen molar-refractivity contribution in [2.45, 2.75) is 0 Å². The van der Waals surface area contributed by atoms with Gasteiger partial charge in [0.05, 0.1) is 11.0 Å². The number of hydrogen-bond acceptors (Lipinski definition) is 2. The lowest BCUT2D eigenvalue weighted by molar-refractivity contribution is 0.670. The summed E-state index contributed by atoms with van der Waals surface area (Å²) in [6.07, 6.45) is 0. The fraction of sp³-hybridized carbons (Fsp3) is 0. The van der Waals surface area contributed by atoms with Crippen LogP contribution in [0.15, 0.2) is 144 Å². The largest absolute Gasteiger partial charge is 0.455 e. The van der Waals surface area contributed by atoms with Crippen molar-refractivity contribution in [3.63, 3.8) is 0 Å². The fourth-order valence-electron chi connectivity index (χ4n) is 5.78. The number of fused-ring (bicyclic) bond motifs is 6. The molecule has 3 heteroatoms. The van der Waals surface area contributed by atoms with Crippen LogP contribution in [-0.4, -0.2) is 4.57 Å². The van der Waals surface area contributed by atoms with Gasteiger partial charge in [-0.05, 0) is 60.2 Å². The molecule has 0 amide bonds. The maximum absolute atomic E-state index is 6.30. The Labute approximate surface area is 225 Å². The Morgan fingerprint density at radius 3 is 2.08 bits per heavy atom. The molecule has 1 N–H and O–H groups in total. The van der Waals surface area contributed by atoms with Crippen molar-refractivity contribution in [1.82, 2.24) is 4.57 Å². The first kappa shape index (κ1) is 21.8. The lowest BCUT2D eigenvalue weighted by atomic mass is 10.0. The molecule has 6 aromatic carbocycles. The molecule has 0 saturated carbocycles. The van der Waals surface area contributed by atoms with Gasteiger partial charge in [0.1, 0.15) is 11.2 Å². The van der Waals surface area contributed by atoms with Crippen molar-refractivity contribution in [3.05, 3.63) is 140 Å². The summed E-state index contributed by atoms with van der Waals surface area (Å²) in [5, 5.41) is 8.30. The van der Waals surface area contributed by atoms with E-state index in [2.05, 4.69) is 119 Å². The van der Waals surface area contributed by atoms with Gasteiger partial charge in [0.25, 0.3) is 0 Å². The fourth-order valence-corrected chi connectivity index (χ4v) is 5.78. The van der Waals surface area contributed by atoms with Gasteiger partial charge in [-0.2, -0.15) is 0 Å². The van der Waals surface area contributed by atoms with Crippen LogP contribution in [0.25, 0.3) is 60.6 Å². The van der Waals surface area contributed by atoms with Gasteiger partial charge in [-0.3, -0.25) is 0 Å². The quantitative estimate of drug-likeness (QED) is 0.260. The molecule has 8 aromatic rings. The van der Waals surface area contributed by atoms with Crippen LogP contribution >= 0.6 is 0 Å². The number of benzene rings is 6. The van der Waals surface area contributed by atoms with Crippen LogP contribution in [0.4, 0.5) is 11.4 Å². The van der Waals surface area contributed by atoms with E-state index in [1.54, 1.807) is 0 Å². The highest BCUT2D eigenvalue weighted by molar-refractivity contribution is 6.11. The van der Waals surface area contributed by atoms with Crippen molar-refractivity contribution in [2.75, 3.05) is 5.32 Å². The minimum Gasteiger partial charge on any atom is -0.455 e. The van der Waals surface area contributed by atoms with Crippen LogP contribution in [-0.2, 0) is 0 Å². The molecule has 0 unspecified atom stereocenters. The number of aromatic nitrogens is 1. The lowest BCUT2D eigenvalue weighted by Gasteiger charge is -2.10. The SMILES string of the molecule is c1ccc(Nc2ccc3c(c2)c2ccccc2n3-c2ccc(-c3cccc4c3oc3ccccc34)cc2)cc1. The maximum atomic E-state index is 6.30.